The quantitative estimate of drug-likeness (QED) is 0.780. The zero-order valence-corrected chi connectivity index (χ0v) is 18.6. The van der Waals surface area contributed by atoms with Gasteiger partial charge >= 0.3 is 0 Å². The van der Waals surface area contributed by atoms with E-state index in [1.807, 2.05) is 39.0 Å². The van der Waals surface area contributed by atoms with Crippen molar-refractivity contribution in [3.05, 3.63) is 46.3 Å². The van der Waals surface area contributed by atoms with Gasteiger partial charge in [0.15, 0.2) is 5.76 Å². The summed E-state index contributed by atoms with van der Waals surface area (Å²) in [6, 6.07) is 5.96. The molecule has 28 heavy (non-hydrogen) atoms. The van der Waals surface area contributed by atoms with Gasteiger partial charge in [0.25, 0.3) is 0 Å². The van der Waals surface area contributed by atoms with E-state index in [1.54, 1.807) is 4.31 Å². The maximum Gasteiger partial charge on any atom is 0.243 e. The number of aryl methyl sites for hydroxylation is 3. The average Bonchev–Trinajstić information content (AvgIpc) is 2.98. The van der Waals surface area contributed by atoms with Crippen molar-refractivity contribution in [1.82, 2.24) is 14.4 Å². The van der Waals surface area contributed by atoms with Crippen molar-refractivity contribution in [3.63, 3.8) is 0 Å². The van der Waals surface area contributed by atoms with Crippen LogP contribution in [0.2, 0.25) is 0 Å². The van der Waals surface area contributed by atoms with Gasteiger partial charge in [-0.1, -0.05) is 38.1 Å². The van der Waals surface area contributed by atoms with E-state index in [1.165, 1.54) is 0 Å². The average molecular weight is 406 g/mol. The van der Waals surface area contributed by atoms with Gasteiger partial charge in [0.1, 0.15) is 0 Å². The second-order valence-corrected chi connectivity index (χ2v) is 10.7. The molecule has 2 aromatic rings. The minimum Gasteiger partial charge on any atom is -0.360 e. The number of nitrogens with zero attached hydrogens (tertiary/aromatic N) is 3. The summed E-state index contributed by atoms with van der Waals surface area (Å²) in [5.74, 6) is 0.818. The zero-order valence-electron chi connectivity index (χ0n) is 17.7. The molecule has 1 fully saturated rings. The second kappa shape index (κ2) is 7.61. The topological polar surface area (TPSA) is 66.7 Å². The number of hydrogen-bond donors (Lipinski definition) is 0. The highest BCUT2D eigenvalue weighted by Crippen LogP contribution is 2.31. The van der Waals surface area contributed by atoms with E-state index in [4.69, 9.17) is 4.52 Å². The first-order chi connectivity index (χ1) is 13.0. The lowest BCUT2D eigenvalue weighted by atomic mass is 9.85. The summed E-state index contributed by atoms with van der Waals surface area (Å²) in [5.41, 5.74) is 3.66. The Balaban J connectivity index is 1.75. The molecule has 2 heterocycles. The molecule has 0 N–H and O–H groups in total. The molecule has 6 nitrogen and oxygen atoms in total. The highest BCUT2D eigenvalue weighted by Gasteiger charge is 2.32. The van der Waals surface area contributed by atoms with Crippen LogP contribution in [0.4, 0.5) is 0 Å². The van der Waals surface area contributed by atoms with E-state index < -0.39 is 10.0 Å². The van der Waals surface area contributed by atoms with Crippen molar-refractivity contribution in [2.24, 2.45) is 0 Å². The predicted octanol–water partition coefficient (Wildman–Crippen LogP) is 3.40. The molecule has 7 heteroatoms. The van der Waals surface area contributed by atoms with Gasteiger partial charge in [-0.05, 0) is 42.9 Å². The van der Waals surface area contributed by atoms with Gasteiger partial charge in [-0.25, -0.2) is 8.42 Å². The fourth-order valence-corrected chi connectivity index (χ4v) is 5.59. The Morgan fingerprint density at radius 3 is 2.04 bits per heavy atom. The molecule has 154 valence electrons. The van der Waals surface area contributed by atoms with Crippen LogP contribution in [0.25, 0.3) is 0 Å². The van der Waals surface area contributed by atoms with Crippen LogP contribution in [-0.4, -0.2) is 49.0 Å². The fraction of sp³-hybridized carbons (Fsp3) is 0.571. The van der Waals surface area contributed by atoms with E-state index in [9.17, 15) is 8.42 Å². The number of piperazine rings is 1. The van der Waals surface area contributed by atoms with E-state index in [-0.39, 0.29) is 5.41 Å². The van der Waals surface area contributed by atoms with Crippen molar-refractivity contribution in [3.8, 4) is 0 Å². The Hall–Kier alpha value is -1.70. The van der Waals surface area contributed by atoms with Crippen molar-refractivity contribution in [1.29, 1.82) is 0 Å². The molecule has 1 aliphatic heterocycles. The molecule has 1 aliphatic rings. The lowest BCUT2D eigenvalue weighted by Gasteiger charge is -2.34. The van der Waals surface area contributed by atoms with Gasteiger partial charge < -0.3 is 4.52 Å². The van der Waals surface area contributed by atoms with Gasteiger partial charge in [0, 0.05) is 32.2 Å². The van der Waals surface area contributed by atoms with Crippen molar-refractivity contribution < 1.29 is 12.9 Å². The summed E-state index contributed by atoms with van der Waals surface area (Å²) in [6.07, 6.45) is 0. The van der Waals surface area contributed by atoms with E-state index >= 15 is 0 Å². The van der Waals surface area contributed by atoms with Crippen LogP contribution in [0.15, 0.2) is 27.6 Å². The van der Waals surface area contributed by atoms with Crippen LogP contribution in [-0.2, 0) is 22.0 Å². The first kappa shape index (κ1) is 21.0. The Kier molecular flexibility index (Phi) is 5.71. The molecule has 0 radical (unpaired) electrons. The molecule has 0 spiro atoms. The molecular formula is C21H31N3O3S. The monoisotopic (exact) mass is 405 g/mol. The SMILES string of the molecule is Cc1cc(CN2CCN(S(=O)(=O)c3c(C)cc(C(C)(C)C)cc3C)CC2)on1. The van der Waals surface area contributed by atoms with Crippen molar-refractivity contribution in [2.45, 2.75) is 58.4 Å². The van der Waals surface area contributed by atoms with Crippen LogP contribution in [0.1, 0.15) is 48.9 Å². The number of benzene rings is 1. The van der Waals surface area contributed by atoms with Gasteiger partial charge in [0.05, 0.1) is 17.1 Å². The molecule has 0 bridgehead atoms. The largest absolute Gasteiger partial charge is 0.360 e. The summed E-state index contributed by atoms with van der Waals surface area (Å²) in [4.78, 5) is 2.66. The summed E-state index contributed by atoms with van der Waals surface area (Å²) >= 11 is 0. The minimum absolute atomic E-state index is 0.0114. The van der Waals surface area contributed by atoms with Gasteiger partial charge in [-0.3, -0.25) is 4.90 Å². The molecule has 0 saturated carbocycles. The maximum absolute atomic E-state index is 13.3. The summed E-state index contributed by atoms with van der Waals surface area (Å²) in [6.45, 7) is 15.1. The zero-order chi connectivity index (χ0) is 20.7. The van der Waals surface area contributed by atoms with Gasteiger partial charge in [-0.15, -0.1) is 0 Å². The van der Waals surface area contributed by atoms with E-state index in [0.717, 1.165) is 28.1 Å². The molecule has 0 aliphatic carbocycles. The molecule has 1 aromatic heterocycles. The third-order valence-corrected chi connectivity index (χ3v) is 7.52. The molecule has 1 saturated heterocycles. The summed E-state index contributed by atoms with van der Waals surface area (Å²) in [7, 11) is -3.51. The Morgan fingerprint density at radius 2 is 1.57 bits per heavy atom. The molecule has 3 rings (SSSR count). The fourth-order valence-electron chi connectivity index (χ4n) is 3.76. The molecule has 0 amide bonds. The van der Waals surface area contributed by atoms with Crippen LogP contribution in [0.5, 0.6) is 0 Å². The minimum atomic E-state index is -3.51. The van der Waals surface area contributed by atoms with Crippen LogP contribution >= 0.6 is 0 Å². The van der Waals surface area contributed by atoms with E-state index in [2.05, 4.69) is 30.8 Å². The standard InChI is InChI=1S/C21H31N3O3S/c1-15-11-18(21(4,5)6)12-16(2)20(15)28(25,26)24-9-7-23(8-10-24)14-19-13-17(3)22-27-19/h11-13H,7-10,14H2,1-6H3. The van der Waals surface area contributed by atoms with Crippen LogP contribution in [0, 0.1) is 20.8 Å². The maximum atomic E-state index is 13.3. The molecule has 0 atom stereocenters. The van der Waals surface area contributed by atoms with Crippen LogP contribution < -0.4 is 0 Å². The number of sulfonamides is 1. The first-order valence-electron chi connectivity index (χ1n) is 9.75. The van der Waals surface area contributed by atoms with Gasteiger partial charge in [-0.2, -0.15) is 4.31 Å². The lowest BCUT2D eigenvalue weighted by molar-refractivity contribution is 0.166. The van der Waals surface area contributed by atoms with Gasteiger partial charge in [0.2, 0.25) is 10.0 Å². The Bertz CT molecular complexity index is 927. The smallest absolute Gasteiger partial charge is 0.243 e. The molecule has 1 aromatic carbocycles. The number of hydrogen-bond acceptors (Lipinski definition) is 5. The predicted molar refractivity (Wildman–Crippen MR) is 110 cm³/mol. The van der Waals surface area contributed by atoms with Crippen molar-refractivity contribution in [2.75, 3.05) is 26.2 Å². The van der Waals surface area contributed by atoms with Crippen molar-refractivity contribution >= 4 is 10.0 Å². The highest BCUT2D eigenvalue weighted by atomic mass is 32.2. The molecular weight excluding hydrogens is 374 g/mol. The first-order valence-corrected chi connectivity index (χ1v) is 11.2. The third kappa shape index (κ3) is 4.31. The highest BCUT2D eigenvalue weighted by molar-refractivity contribution is 7.89. The number of rotatable bonds is 4. The second-order valence-electron chi connectivity index (χ2n) is 8.80. The Morgan fingerprint density at radius 1 is 1.00 bits per heavy atom. The lowest BCUT2D eigenvalue weighted by Crippen LogP contribution is -2.48. The van der Waals surface area contributed by atoms with Crippen LogP contribution in [0.3, 0.4) is 0 Å². The molecule has 0 unspecified atom stereocenters. The Labute approximate surface area is 168 Å². The summed E-state index contributed by atoms with van der Waals surface area (Å²) < 4.78 is 33.6. The van der Waals surface area contributed by atoms with E-state index in [0.29, 0.717) is 37.6 Å². The normalized spacial score (nSPS) is 17.2. The summed E-state index contributed by atoms with van der Waals surface area (Å²) in [5, 5.41) is 3.91. The number of aromatic nitrogens is 1. The third-order valence-electron chi connectivity index (χ3n) is 5.31.